The standard InChI is InChI=1S/C14H19NO2/c1-4-5-6-9-15-11-12-10-13(16-2)7-8-14(12)17-3/h7-8,10,15H,6,9,11H2,1-3H3. The second-order valence-electron chi connectivity index (χ2n) is 3.53. The highest BCUT2D eigenvalue weighted by atomic mass is 16.5. The van der Waals surface area contributed by atoms with Crippen molar-refractivity contribution >= 4 is 0 Å². The summed E-state index contributed by atoms with van der Waals surface area (Å²) in [5, 5.41) is 3.32. The lowest BCUT2D eigenvalue weighted by atomic mass is 10.2. The minimum absolute atomic E-state index is 0.756. The zero-order chi connectivity index (χ0) is 12.5. The molecule has 3 heteroatoms. The van der Waals surface area contributed by atoms with Crippen molar-refractivity contribution in [2.24, 2.45) is 0 Å². The molecule has 1 aromatic carbocycles. The van der Waals surface area contributed by atoms with E-state index in [0.29, 0.717) is 0 Å². The second-order valence-corrected chi connectivity index (χ2v) is 3.53. The zero-order valence-electron chi connectivity index (χ0n) is 10.7. The first-order valence-corrected chi connectivity index (χ1v) is 5.63. The van der Waals surface area contributed by atoms with E-state index < -0.39 is 0 Å². The van der Waals surface area contributed by atoms with Gasteiger partial charge in [0.2, 0.25) is 0 Å². The lowest BCUT2D eigenvalue weighted by molar-refractivity contribution is 0.397. The summed E-state index contributed by atoms with van der Waals surface area (Å²) in [7, 11) is 3.34. The number of hydrogen-bond donors (Lipinski definition) is 1. The van der Waals surface area contributed by atoms with Crippen LogP contribution in [0.4, 0.5) is 0 Å². The van der Waals surface area contributed by atoms with Crippen LogP contribution in [-0.4, -0.2) is 20.8 Å². The molecule has 92 valence electrons. The molecule has 0 spiro atoms. The molecule has 0 bridgehead atoms. The number of nitrogens with one attached hydrogen (secondary N) is 1. The van der Waals surface area contributed by atoms with Gasteiger partial charge in [-0.15, -0.1) is 11.8 Å². The Kier molecular flexibility index (Phi) is 5.98. The largest absolute Gasteiger partial charge is 0.497 e. The SMILES string of the molecule is CC#CCCNCc1cc(OC)ccc1OC. The molecule has 1 rings (SSSR count). The summed E-state index contributed by atoms with van der Waals surface area (Å²) in [4.78, 5) is 0. The van der Waals surface area contributed by atoms with Gasteiger partial charge in [-0.3, -0.25) is 0 Å². The Labute approximate surface area is 103 Å². The second kappa shape index (κ2) is 7.59. The fraction of sp³-hybridized carbons (Fsp3) is 0.429. The normalized spacial score (nSPS) is 9.35. The van der Waals surface area contributed by atoms with Crippen LogP contribution in [0.1, 0.15) is 18.9 Å². The van der Waals surface area contributed by atoms with Crippen LogP contribution in [0.5, 0.6) is 11.5 Å². The number of benzene rings is 1. The molecule has 0 atom stereocenters. The molecule has 1 N–H and O–H groups in total. The molecule has 0 saturated carbocycles. The van der Waals surface area contributed by atoms with E-state index in [9.17, 15) is 0 Å². The van der Waals surface area contributed by atoms with Gasteiger partial charge in [-0.1, -0.05) is 0 Å². The van der Waals surface area contributed by atoms with Crippen LogP contribution in [0.15, 0.2) is 18.2 Å². The topological polar surface area (TPSA) is 30.5 Å². The maximum absolute atomic E-state index is 5.30. The van der Waals surface area contributed by atoms with Crippen molar-refractivity contribution in [3.8, 4) is 23.3 Å². The van der Waals surface area contributed by atoms with Gasteiger partial charge in [0, 0.05) is 25.1 Å². The summed E-state index contributed by atoms with van der Waals surface area (Å²) in [6.07, 6.45) is 0.864. The highest BCUT2D eigenvalue weighted by molar-refractivity contribution is 5.40. The molecular weight excluding hydrogens is 214 g/mol. The average Bonchev–Trinajstić information content (AvgIpc) is 2.38. The Balaban J connectivity index is 2.57. The van der Waals surface area contributed by atoms with Crippen molar-refractivity contribution in [2.75, 3.05) is 20.8 Å². The number of rotatable bonds is 6. The molecule has 3 nitrogen and oxygen atoms in total. The van der Waals surface area contributed by atoms with Crippen molar-refractivity contribution in [3.63, 3.8) is 0 Å². The van der Waals surface area contributed by atoms with Crippen LogP contribution < -0.4 is 14.8 Å². The Morgan fingerprint density at radius 1 is 1.24 bits per heavy atom. The lowest BCUT2D eigenvalue weighted by Crippen LogP contribution is -2.14. The fourth-order valence-electron chi connectivity index (χ4n) is 1.52. The Bertz CT molecular complexity index is 404. The molecule has 0 aliphatic rings. The predicted octanol–water partition coefficient (Wildman–Crippen LogP) is 2.21. The van der Waals surface area contributed by atoms with E-state index >= 15 is 0 Å². The van der Waals surface area contributed by atoms with Gasteiger partial charge < -0.3 is 14.8 Å². The van der Waals surface area contributed by atoms with Crippen molar-refractivity contribution in [3.05, 3.63) is 23.8 Å². The van der Waals surface area contributed by atoms with Crippen molar-refractivity contribution in [2.45, 2.75) is 19.9 Å². The van der Waals surface area contributed by atoms with Gasteiger partial charge in [0.05, 0.1) is 14.2 Å². The average molecular weight is 233 g/mol. The van der Waals surface area contributed by atoms with Crippen LogP contribution >= 0.6 is 0 Å². The summed E-state index contributed by atoms with van der Waals surface area (Å²) in [6, 6.07) is 5.80. The number of methoxy groups -OCH3 is 2. The Hall–Kier alpha value is -1.66. The molecule has 0 fully saturated rings. The van der Waals surface area contributed by atoms with Crippen LogP contribution in [0.25, 0.3) is 0 Å². The third-order valence-corrected chi connectivity index (χ3v) is 2.41. The molecule has 17 heavy (non-hydrogen) atoms. The molecule has 0 amide bonds. The first kappa shape index (κ1) is 13.4. The van der Waals surface area contributed by atoms with Crippen molar-refractivity contribution in [1.29, 1.82) is 0 Å². The molecule has 0 saturated heterocycles. The minimum Gasteiger partial charge on any atom is -0.497 e. The Morgan fingerprint density at radius 3 is 2.71 bits per heavy atom. The Morgan fingerprint density at radius 2 is 2.06 bits per heavy atom. The van der Waals surface area contributed by atoms with E-state index in [1.54, 1.807) is 14.2 Å². The molecule has 0 aliphatic carbocycles. The summed E-state index contributed by atoms with van der Waals surface area (Å²) in [5.74, 6) is 7.61. The van der Waals surface area contributed by atoms with E-state index in [0.717, 1.165) is 36.6 Å². The monoisotopic (exact) mass is 233 g/mol. The third-order valence-electron chi connectivity index (χ3n) is 2.41. The van der Waals surface area contributed by atoms with E-state index in [1.165, 1.54) is 0 Å². The van der Waals surface area contributed by atoms with E-state index in [-0.39, 0.29) is 0 Å². The van der Waals surface area contributed by atoms with Gasteiger partial charge >= 0.3 is 0 Å². The van der Waals surface area contributed by atoms with Crippen LogP contribution in [0.2, 0.25) is 0 Å². The van der Waals surface area contributed by atoms with Crippen LogP contribution in [-0.2, 0) is 6.54 Å². The highest BCUT2D eigenvalue weighted by Gasteiger charge is 2.03. The molecule has 1 aromatic rings. The molecule has 0 radical (unpaired) electrons. The molecule has 0 heterocycles. The summed E-state index contributed by atoms with van der Waals surface area (Å²) in [6.45, 7) is 3.48. The van der Waals surface area contributed by atoms with Crippen molar-refractivity contribution < 1.29 is 9.47 Å². The van der Waals surface area contributed by atoms with E-state index in [1.807, 2.05) is 25.1 Å². The molecule has 0 unspecified atom stereocenters. The third kappa shape index (κ3) is 4.38. The first-order chi connectivity index (χ1) is 8.31. The smallest absolute Gasteiger partial charge is 0.123 e. The van der Waals surface area contributed by atoms with E-state index in [4.69, 9.17) is 9.47 Å². The van der Waals surface area contributed by atoms with Gasteiger partial charge in [0.15, 0.2) is 0 Å². The quantitative estimate of drug-likeness (QED) is 0.603. The highest BCUT2D eigenvalue weighted by Crippen LogP contribution is 2.23. The van der Waals surface area contributed by atoms with Crippen molar-refractivity contribution in [1.82, 2.24) is 5.32 Å². The summed E-state index contributed by atoms with van der Waals surface area (Å²) >= 11 is 0. The predicted molar refractivity (Wildman–Crippen MR) is 69.3 cm³/mol. The van der Waals surface area contributed by atoms with Crippen LogP contribution in [0, 0.1) is 11.8 Å². The minimum atomic E-state index is 0.756. The fourth-order valence-corrected chi connectivity index (χ4v) is 1.52. The van der Waals surface area contributed by atoms with Gasteiger partial charge in [-0.2, -0.15) is 0 Å². The molecule has 0 aliphatic heterocycles. The van der Waals surface area contributed by atoms with Gasteiger partial charge in [0.1, 0.15) is 11.5 Å². The number of hydrogen-bond acceptors (Lipinski definition) is 3. The maximum Gasteiger partial charge on any atom is 0.123 e. The van der Waals surface area contributed by atoms with Crippen LogP contribution in [0.3, 0.4) is 0 Å². The summed E-state index contributed by atoms with van der Waals surface area (Å²) < 4.78 is 10.5. The van der Waals surface area contributed by atoms with Gasteiger partial charge in [0.25, 0.3) is 0 Å². The first-order valence-electron chi connectivity index (χ1n) is 5.63. The maximum atomic E-state index is 5.30. The zero-order valence-corrected chi connectivity index (χ0v) is 10.7. The van der Waals surface area contributed by atoms with Gasteiger partial charge in [-0.05, 0) is 25.1 Å². The number of ether oxygens (including phenoxy) is 2. The molecule has 0 aromatic heterocycles. The molecular formula is C14H19NO2. The van der Waals surface area contributed by atoms with Gasteiger partial charge in [-0.25, -0.2) is 0 Å². The van der Waals surface area contributed by atoms with E-state index in [2.05, 4.69) is 17.2 Å². The lowest BCUT2D eigenvalue weighted by Gasteiger charge is -2.10. The summed E-state index contributed by atoms with van der Waals surface area (Å²) in [5.41, 5.74) is 1.09.